The van der Waals surface area contributed by atoms with E-state index in [1.54, 1.807) is 12.1 Å². The molecule has 1 heterocycles. The van der Waals surface area contributed by atoms with E-state index < -0.39 is 0 Å². The number of hydrogen-bond acceptors (Lipinski definition) is 6. The fourth-order valence-corrected chi connectivity index (χ4v) is 3.65. The predicted octanol–water partition coefficient (Wildman–Crippen LogP) is 2.43. The highest BCUT2D eigenvalue weighted by Gasteiger charge is 2.18. The average molecular weight is 461 g/mol. The molecule has 0 unspecified atom stereocenters. The van der Waals surface area contributed by atoms with Gasteiger partial charge in [0.2, 0.25) is 0 Å². The number of nitrogens with one attached hydrogen (secondary N) is 1. The zero-order valence-electron chi connectivity index (χ0n) is 16.3. The first-order chi connectivity index (χ1) is 14.0. The van der Waals surface area contributed by atoms with E-state index in [4.69, 9.17) is 4.74 Å². The Morgan fingerprint density at radius 1 is 1.21 bits per heavy atom. The van der Waals surface area contributed by atoms with Gasteiger partial charge in [-0.1, -0.05) is 30.3 Å². The smallest absolute Gasteiger partial charge is 0.254 e. The number of halogens is 1. The number of phenols is 1. The molecule has 154 valence electrons. The molecule has 7 nitrogen and oxygen atoms in total. The van der Waals surface area contributed by atoms with Crippen LogP contribution in [0.4, 0.5) is 0 Å². The number of rotatable bonds is 7. The molecule has 2 aromatic carbocycles. The summed E-state index contributed by atoms with van der Waals surface area (Å²) in [5, 5.41) is 13.8. The second kappa shape index (κ2) is 10.4. The molecule has 1 fully saturated rings. The van der Waals surface area contributed by atoms with Crippen LogP contribution in [-0.4, -0.2) is 66.9 Å². The number of nitrogens with zero attached hydrogens (tertiary/aromatic N) is 3. The predicted molar refractivity (Wildman–Crippen MR) is 116 cm³/mol. The van der Waals surface area contributed by atoms with Gasteiger partial charge in [0, 0.05) is 32.7 Å². The molecule has 0 radical (unpaired) electrons. The van der Waals surface area contributed by atoms with Gasteiger partial charge < -0.3 is 9.84 Å². The highest BCUT2D eigenvalue weighted by Crippen LogP contribution is 2.34. The average Bonchev–Trinajstić information content (AvgIpc) is 2.72. The number of ether oxygens (including phenoxy) is 1. The van der Waals surface area contributed by atoms with Crippen molar-refractivity contribution in [1.29, 1.82) is 0 Å². The first-order valence-electron chi connectivity index (χ1n) is 9.42. The van der Waals surface area contributed by atoms with Crippen molar-refractivity contribution in [3.05, 3.63) is 58.1 Å². The summed E-state index contributed by atoms with van der Waals surface area (Å²) in [6, 6.07) is 13.8. The Kier molecular flexibility index (Phi) is 7.62. The molecule has 0 aliphatic carbocycles. The molecule has 1 aliphatic rings. The van der Waals surface area contributed by atoms with E-state index in [2.05, 4.69) is 60.5 Å². The zero-order valence-corrected chi connectivity index (χ0v) is 17.9. The van der Waals surface area contributed by atoms with E-state index in [-0.39, 0.29) is 11.7 Å². The fourth-order valence-electron chi connectivity index (χ4n) is 3.19. The Hall–Kier alpha value is -2.42. The molecule has 3 rings (SSSR count). The Morgan fingerprint density at radius 2 is 1.90 bits per heavy atom. The minimum absolute atomic E-state index is 0.0279. The van der Waals surface area contributed by atoms with Gasteiger partial charge in [0.15, 0.2) is 11.5 Å². The fraction of sp³-hybridized carbons (Fsp3) is 0.333. The number of hydrogen-bond donors (Lipinski definition) is 2. The van der Waals surface area contributed by atoms with Gasteiger partial charge in [-0.25, -0.2) is 5.43 Å². The van der Waals surface area contributed by atoms with Gasteiger partial charge >= 0.3 is 0 Å². The number of benzene rings is 2. The van der Waals surface area contributed by atoms with Gasteiger partial charge in [0.05, 0.1) is 24.3 Å². The summed E-state index contributed by atoms with van der Waals surface area (Å²) in [7, 11) is 1.48. The summed E-state index contributed by atoms with van der Waals surface area (Å²) in [6.07, 6.45) is 1.52. The van der Waals surface area contributed by atoms with Crippen molar-refractivity contribution in [2.24, 2.45) is 5.10 Å². The van der Waals surface area contributed by atoms with Crippen LogP contribution >= 0.6 is 15.9 Å². The summed E-state index contributed by atoms with van der Waals surface area (Å²) >= 11 is 3.26. The third kappa shape index (κ3) is 6.28. The van der Waals surface area contributed by atoms with Crippen molar-refractivity contribution in [3.63, 3.8) is 0 Å². The van der Waals surface area contributed by atoms with Gasteiger partial charge in [-0.05, 0) is 39.2 Å². The third-order valence-corrected chi connectivity index (χ3v) is 5.36. The number of piperazine rings is 1. The van der Waals surface area contributed by atoms with E-state index >= 15 is 0 Å². The number of aromatic hydroxyl groups is 1. The maximum Gasteiger partial charge on any atom is 0.254 e. The number of methoxy groups -OCH3 is 1. The van der Waals surface area contributed by atoms with Crippen LogP contribution in [0.5, 0.6) is 11.5 Å². The molecule has 0 atom stereocenters. The van der Waals surface area contributed by atoms with E-state index in [0.29, 0.717) is 22.3 Å². The van der Waals surface area contributed by atoms with Crippen LogP contribution in [0.2, 0.25) is 0 Å². The maximum absolute atomic E-state index is 12.2. The molecule has 1 saturated heterocycles. The highest BCUT2D eigenvalue weighted by molar-refractivity contribution is 9.10. The SMILES string of the molecule is COc1cc(C=NNC(=O)CN2CCN(Cc3ccccc3)CC2)cc(Br)c1O. The van der Waals surface area contributed by atoms with E-state index in [0.717, 1.165) is 32.7 Å². The van der Waals surface area contributed by atoms with Crippen molar-refractivity contribution >= 4 is 28.1 Å². The summed E-state index contributed by atoms with van der Waals surface area (Å²) in [5.74, 6) is 0.211. The molecular formula is C21H25BrN4O3. The summed E-state index contributed by atoms with van der Waals surface area (Å²) in [5.41, 5.74) is 4.56. The van der Waals surface area contributed by atoms with E-state index in [1.165, 1.54) is 18.9 Å². The van der Waals surface area contributed by atoms with Gasteiger partial charge in [0.1, 0.15) is 0 Å². The van der Waals surface area contributed by atoms with Gasteiger partial charge in [-0.2, -0.15) is 5.10 Å². The van der Waals surface area contributed by atoms with Crippen LogP contribution in [0.25, 0.3) is 0 Å². The summed E-state index contributed by atoms with van der Waals surface area (Å²) in [4.78, 5) is 16.7. The van der Waals surface area contributed by atoms with Crippen molar-refractivity contribution < 1.29 is 14.6 Å². The van der Waals surface area contributed by atoms with Crippen LogP contribution < -0.4 is 10.2 Å². The summed E-state index contributed by atoms with van der Waals surface area (Å²) < 4.78 is 5.60. The second-order valence-electron chi connectivity index (χ2n) is 6.88. The molecule has 2 N–H and O–H groups in total. The molecule has 2 aromatic rings. The molecule has 8 heteroatoms. The van der Waals surface area contributed by atoms with Crippen molar-refractivity contribution in [3.8, 4) is 11.5 Å². The van der Waals surface area contributed by atoms with Gasteiger partial charge in [-0.3, -0.25) is 14.6 Å². The van der Waals surface area contributed by atoms with Crippen LogP contribution in [0.1, 0.15) is 11.1 Å². The number of hydrazone groups is 1. The van der Waals surface area contributed by atoms with Gasteiger partial charge in [-0.15, -0.1) is 0 Å². The first kappa shape index (κ1) is 21.3. The van der Waals surface area contributed by atoms with Gasteiger partial charge in [0.25, 0.3) is 5.91 Å². The molecule has 0 saturated carbocycles. The highest BCUT2D eigenvalue weighted by atomic mass is 79.9. The van der Waals surface area contributed by atoms with Crippen LogP contribution in [0, 0.1) is 0 Å². The Labute approximate surface area is 179 Å². The lowest BCUT2D eigenvalue weighted by molar-refractivity contribution is -0.122. The Morgan fingerprint density at radius 3 is 2.59 bits per heavy atom. The number of carbonyl (C=O) groups excluding carboxylic acids is 1. The van der Waals surface area contributed by atoms with Crippen molar-refractivity contribution in [1.82, 2.24) is 15.2 Å². The standard InChI is InChI=1S/C21H25BrN4O3/c1-29-19-12-17(11-18(22)21(19)28)13-23-24-20(27)15-26-9-7-25(8-10-26)14-16-5-3-2-4-6-16/h2-6,11-13,28H,7-10,14-15H2,1H3,(H,24,27). The summed E-state index contributed by atoms with van der Waals surface area (Å²) in [6.45, 7) is 4.84. The normalized spacial score (nSPS) is 15.5. The lowest BCUT2D eigenvalue weighted by Crippen LogP contribution is -2.48. The molecule has 29 heavy (non-hydrogen) atoms. The monoisotopic (exact) mass is 460 g/mol. The molecule has 0 spiro atoms. The number of carbonyl (C=O) groups is 1. The third-order valence-electron chi connectivity index (χ3n) is 4.75. The maximum atomic E-state index is 12.2. The molecule has 0 aromatic heterocycles. The number of amides is 1. The van der Waals surface area contributed by atoms with Crippen LogP contribution in [0.3, 0.4) is 0 Å². The largest absolute Gasteiger partial charge is 0.503 e. The molecule has 1 aliphatic heterocycles. The molecule has 0 bridgehead atoms. The topological polar surface area (TPSA) is 77.4 Å². The van der Waals surface area contributed by atoms with Crippen LogP contribution in [-0.2, 0) is 11.3 Å². The van der Waals surface area contributed by atoms with Crippen molar-refractivity contribution in [2.45, 2.75) is 6.54 Å². The minimum Gasteiger partial charge on any atom is -0.503 e. The quantitative estimate of drug-likeness (QED) is 0.490. The van der Waals surface area contributed by atoms with Crippen LogP contribution in [0.15, 0.2) is 52.0 Å². The lowest BCUT2D eigenvalue weighted by atomic mass is 10.2. The first-order valence-corrected chi connectivity index (χ1v) is 10.2. The Bertz CT molecular complexity index is 853. The lowest BCUT2D eigenvalue weighted by Gasteiger charge is -2.34. The van der Waals surface area contributed by atoms with E-state index in [1.807, 2.05) is 6.07 Å². The zero-order chi connectivity index (χ0) is 20.6. The minimum atomic E-state index is -0.150. The molecular weight excluding hydrogens is 436 g/mol. The second-order valence-corrected chi connectivity index (χ2v) is 7.74. The molecule has 1 amide bonds. The van der Waals surface area contributed by atoms with E-state index in [9.17, 15) is 9.90 Å². The Balaban J connectivity index is 1.42. The number of phenolic OH excluding ortho intramolecular Hbond substituents is 1. The van der Waals surface area contributed by atoms with Crippen molar-refractivity contribution in [2.75, 3.05) is 39.8 Å².